The summed E-state index contributed by atoms with van der Waals surface area (Å²) >= 11 is 0. The Kier molecular flexibility index (Phi) is 4.63. The molecule has 1 fully saturated rings. The van der Waals surface area contributed by atoms with Crippen LogP contribution in [0, 0.1) is 0 Å². The molecule has 11 heteroatoms. The molecule has 1 N–H and O–H groups in total. The van der Waals surface area contributed by atoms with Gasteiger partial charge in [0.1, 0.15) is 5.52 Å². The molecule has 4 rings (SSSR count). The first-order chi connectivity index (χ1) is 13.4. The summed E-state index contributed by atoms with van der Waals surface area (Å²) in [6.45, 7) is 3.00. The Morgan fingerprint density at radius 1 is 1.25 bits per heavy atom. The Bertz CT molecular complexity index is 1170. The smallest absolute Gasteiger partial charge is 0.414 e. The summed E-state index contributed by atoms with van der Waals surface area (Å²) in [4.78, 5) is 16.1. The second-order valence-electron chi connectivity index (χ2n) is 6.50. The van der Waals surface area contributed by atoms with Crippen molar-refractivity contribution in [3.63, 3.8) is 0 Å². The van der Waals surface area contributed by atoms with Crippen LogP contribution in [0.25, 0.3) is 22.1 Å². The number of nitrogens with zero attached hydrogens (tertiary/aromatic N) is 5. The van der Waals surface area contributed by atoms with E-state index in [-0.39, 0.29) is 17.5 Å². The topological polar surface area (TPSA) is 119 Å². The van der Waals surface area contributed by atoms with Crippen molar-refractivity contribution in [3.8, 4) is 0 Å². The number of carbonyl (C=O) groups excluding carboxylic acids is 1. The quantitative estimate of drug-likeness (QED) is 0.705. The lowest BCUT2D eigenvalue weighted by Crippen LogP contribution is -2.27. The van der Waals surface area contributed by atoms with Gasteiger partial charge in [-0.15, -0.1) is 10.2 Å². The fraction of sp³-hybridized carbons (Fsp3) is 0.412. The maximum Gasteiger partial charge on any atom is 0.414 e. The van der Waals surface area contributed by atoms with Crippen molar-refractivity contribution in [2.75, 3.05) is 25.0 Å². The van der Waals surface area contributed by atoms with E-state index in [0.717, 1.165) is 18.4 Å². The van der Waals surface area contributed by atoms with E-state index in [9.17, 15) is 13.2 Å². The maximum atomic E-state index is 12.9. The normalized spacial score (nSPS) is 15.4. The number of ether oxygens (including phenoxy) is 1. The Hall–Kier alpha value is -2.79. The lowest BCUT2D eigenvalue weighted by molar-refractivity contribution is 0.167. The monoisotopic (exact) mass is 404 g/mol. The molecular weight excluding hydrogens is 384 g/mol. The number of aromatic nitrogens is 4. The molecule has 148 valence electrons. The molecule has 1 saturated heterocycles. The molecule has 1 amide bonds. The predicted molar refractivity (Wildman–Crippen MR) is 102 cm³/mol. The minimum Gasteiger partial charge on any atom is -0.450 e. The van der Waals surface area contributed by atoms with Crippen molar-refractivity contribution in [2.24, 2.45) is 7.05 Å². The molecule has 0 radical (unpaired) electrons. The summed E-state index contributed by atoms with van der Waals surface area (Å²) in [6.07, 6.45) is 1.09. The van der Waals surface area contributed by atoms with Gasteiger partial charge in [0.25, 0.3) is 5.95 Å². The van der Waals surface area contributed by atoms with Crippen LogP contribution >= 0.6 is 0 Å². The molecule has 2 aromatic heterocycles. The number of amides is 1. The number of carbonyl (C=O) groups is 1. The van der Waals surface area contributed by atoms with E-state index in [4.69, 9.17) is 4.74 Å². The third-order valence-electron chi connectivity index (χ3n) is 4.76. The van der Waals surface area contributed by atoms with Crippen LogP contribution in [0.2, 0.25) is 0 Å². The molecule has 0 spiro atoms. The second-order valence-corrected chi connectivity index (χ2v) is 8.44. The number of hydrogen-bond donors (Lipinski definition) is 1. The fourth-order valence-corrected chi connectivity index (χ4v) is 4.93. The molecule has 1 aliphatic heterocycles. The summed E-state index contributed by atoms with van der Waals surface area (Å²) in [5.74, 6) is 0.0155. The number of sulfonamides is 1. The van der Waals surface area contributed by atoms with Gasteiger partial charge in [-0.1, -0.05) is 0 Å². The van der Waals surface area contributed by atoms with Gasteiger partial charge in [0.15, 0.2) is 5.65 Å². The van der Waals surface area contributed by atoms with Crippen molar-refractivity contribution in [1.29, 1.82) is 0 Å². The molecule has 0 unspecified atom stereocenters. The van der Waals surface area contributed by atoms with E-state index in [2.05, 4.69) is 20.5 Å². The summed E-state index contributed by atoms with van der Waals surface area (Å²) in [5.41, 5.74) is 1.71. The standard InChI is InChI=1S/C17H20N6O4S/c1-3-27-17(24)19-16-18-15-14(20-21-16)12-10-11(6-7-13(12)22(15)2)28(25,26)23-8-4-5-9-23/h6-7,10H,3-5,8-9H2,1-2H3,(H,18,19,21,24). The molecular formula is C17H20N6O4S. The molecule has 28 heavy (non-hydrogen) atoms. The first kappa shape index (κ1) is 18.6. The van der Waals surface area contributed by atoms with E-state index in [1.54, 1.807) is 36.7 Å². The van der Waals surface area contributed by atoms with Crippen molar-refractivity contribution < 1.29 is 17.9 Å². The SMILES string of the molecule is CCOC(=O)Nc1nnc2c3cc(S(=O)(=O)N4CCCC4)ccc3n(C)c2n1. The van der Waals surface area contributed by atoms with Crippen molar-refractivity contribution >= 4 is 44.1 Å². The van der Waals surface area contributed by atoms with E-state index in [0.29, 0.717) is 29.6 Å². The Morgan fingerprint density at radius 2 is 2.00 bits per heavy atom. The maximum absolute atomic E-state index is 12.9. The van der Waals surface area contributed by atoms with Gasteiger partial charge in [0, 0.05) is 25.5 Å². The Labute approximate surface area is 161 Å². The average molecular weight is 404 g/mol. The summed E-state index contributed by atoms with van der Waals surface area (Å²) in [6, 6.07) is 4.94. The summed E-state index contributed by atoms with van der Waals surface area (Å²) in [5, 5.41) is 11.1. The largest absolute Gasteiger partial charge is 0.450 e. The van der Waals surface area contributed by atoms with Crippen molar-refractivity contribution in [3.05, 3.63) is 18.2 Å². The first-order valence-corrected chi connectivity index (χ1v) is 10.4. The van der Waals surface area contributed by atoms with Crippen LogP contribution in [0.3, 0.4) is 0 Å². The number of aryl methyl sites for hydroxylation is 1. The van der Waals surface area contributed by atoms with Crippen LogP contribution in [-0.4, -0.2) is 58.3 Å². The van der Waals surface area contributed by atoms with Crippen molar-refractivity contribution in [2.45, 2.75) is 24.7 Å². The van der Waals surface area contributed by atoms with Crippen molar-refractivity contribution in [1.82, 2.24) is 24.1 Å². The third kappa shape index (κ3) is 3.06. The zero-order valence-electron chi connectivity index (χ0n) is 15.5. The molecule has 1 aromatic carbocycles. The van der Waals surface area contributed by atoms with E-state index in [1.807, 2.05) is 0 Å². The second kappa shape index (κ2) is 6.99. The molecule has 10 nitrogen and oxygen atoms in total. The van der Waals surface area contributed by atoms with Gasteiger partial charge < -0.3 is 9.30 Å². The number of rotatable bonds is 4. The molecule has 0 atom stereocenters. The highest BCUT2D eigenvalue weighted by atomic mass is 32.2. The molecule has 1 aliphatic rings. The molecule has 0 aliphatic carbocycles. The van der Waals surface area contributed by atoms with Gasteiger partial charge >= 0.3 is 6.09 Å². The summed E-state index contributed by atoms with van der Waals surface area (Å²) < 4.78 is 33.8. The average Bonchev–Trinajstić information content (AvgIpc) is 3.30. The summed E-state index contributed by atoms with van der Waals surface area (Å²) in [7, 11) is -1.74. The van der Waals surface area contributed by atoms with Gasteiger partial charge in [-0.3, -0.25) is 5.32 Å². The highest BCUT2D eigenvalue weighted by Crippen LogP contribution is 2.29. The minimum absolute atomic E-state index is 0.0155. The van der Waals surface area contributed by atoms with Gasteiger partial charge in [-0.2, -0.15) is 9.29 Å². The zero-order chi connectivity index (χ0) is 19.9. The Balaban J connectivity index is 1.79. The van der Waals surface area contributed by atoms with Crippen LogP contribution in [0.5, 0.6) is 0 Å². The molecule has 0 saturated carbocycles. The highest BCUT2D eigenvalue weighted by Gasteiger charge is 2.28. The lowest BCUT2D eigenvalue weighted by Gasteiger charge is -2.15. The first-order valence-electron chi connectivity index (χ1n) is 8.98. The minimum atomic E-state index is -3.54. The number of nitrogens with one attached hydrogen (secondary N) is 1. The van der Waals surface area contributed by atoms with Gasteiger partial charge in [0.2, 0.25) is 10.0 Å². The van der Waals surface area contributed by atoms with Gasteiger partial charge in [-0.25, -0.2) is 13.2 Å². The van der Waals surface area contributed by atoms with E-state index >= 15 is 0 Å². The zero-order valence-corrected chi connectivity index (χ0v) is 16.4. The predicted octanol–water partition coefficient (Wildman–Crippen LogP) is 1.87. The van der Waals surface area contributed by atoms with E-state index < -0.39 is 16.1 Å². The Morgan fingerprint density at radius 3 is 2.71 bits per heavy atom. The van der Waals surface area contributed by atoms with Crippen LogP contribution in [0.15, 0.2) is 23.1 Å². The highest BCUT2D eigenvalue weighted by molar-refractivity contribution is 7.89. The molecule has 3 heterocycles. The number of hydrogen-bond acceptors (Lipinski definition) is 7. The van der Waals surface area contributed by atoms with Gasteiger partial charge in [0.05, 0.1) is 17.0 Å². The van der Waals surface area contributed by atoms with Crippen LogP contribution in [0.4, 0.5) is 10.7 Å². The number of fused-ring (bicyclic) bond motifs is 3. The van der Waals surface area contributed by atoms with Gasteiger partial charge in [-0.05, 0) is 38.0 Å². The van der Waals surface area contributed by atoms with Crippen LogP contribution < -0.4 is 5.32 Å². The lowest BCUT2D eigenvalue weighted by atomic mass is 10.2. The third-order valence-corrected chi connectivity index (χ3v) is 6.66. The van der Waals surface area contributed by atoms with Crippen LogP contribution in [-0.2, 0) is 21.8 Å². The molecule has 0 bridgehead atoms. The number of benzene rings is 1. The fourth-order valence-electron chi connectivity index (χ4n) is 3.39. The van der Waals surface area contributed by atoms with Crippen LogP contribution in [0.1, 0.15) is 19.8 Å². The van der Waals surface area contributed by atoms with E-state index in [1.165, 1.54) is 4.31 Å². The molecule has 3 aromatic rings. The number of anilines is 1.